The van der Waals surface area contributed by atoms with E-state index < -0.39 is 0 Å². The monoisotopic (exact) mass is 323 g/mol. The van der Waals surface area contributed by atoms with Crippen molar-refractivity contribution in [2.75, 3.05) is 18.5 Å². The maximum Gasteiger partial charge on any atom is 0.228 e. The van der Waals surface area contributed by atoms with Crippen LogP contribution in [-0.4, -0.2) is 41.3 Å². The summed E-state index contributed by atoms with van der Waals surface area (Å²) in [6.45, 7) is 7.14. The molecule has 22 heavy (non-hydrogen) atoms. The quantitative estimate of drug-likeness (QED) is 0.809. The number of hydrogen-bond acceptors (Lipinski definition) is 4. The average Bonchev–Trinajstić information content (AvgIpc) is 3.05. The molecule has 5 nitrogen and oxygen atoms in total. The fraction of sp³-hybridized carbons (Fsp3) is 0.688. The molecule has 1 aromatic rings. The SMILES string of the molecule is CC(C)C[C@H](C)N(C)C(=O)Cc1csc(N2CCCC2=O)n1. The Bertz CT molecular complexity index is 541. The number of aromatic nitrogens is 1. The Balaban J connectivity index is 1.94. The average molecular weight is 323 g/mol. The van der Waals surface area contributed by atoms with Crippen molar-refractivity contribution in [2.45, 2.75) is 52.5 Å². The maximum absolute atomic E-state index is 12.3. The number of anilines is 1. The fourth-order valence-corrected chi connectivity index (χ4v) is 3.59. The molecule has 1 fully saturated rings. The van der Waals surface area contributed by atoms with Crippen LogP contribution in [0.5, 0.6) is 0 Å². The van der Waals surface area contributed by atoms with Crippen molar-refractivity contribution >= 4 is 28.3 Å². The van der Waals surface area contributed by atoms with Crippen LogP contribution < -0.4 is 4.90 Å². The summed E-state index contributed by atoms with van der Waals surface area (Å²) >= 11 is 1.45. The summed E-state index contributed by atoms with van der Waals surface area (Å²) < 4.78 is 0. The van der Waals surface area contributed by atoms with Gasteiger partial charge in [-0.25, -0.2) is 4.98 Å². The van der Waals surface area contributed by atoms with Crippen LogP contribution in [0.25, 0.3) is 0 Å². The van der Waals surface area contributed by atoms with E-state index >= 15 is 0 Å². The number of carbonyl (C=O) groups excluding carboxylic acids is 2. The lowest BCUT2D eigenvalue weighted by atomic mass is 10.0. The van der Waals surface area contributed by atoms with Gasteiger partial charge >= 0.3 is 0 Å². The van der Waals surface area contributed by atoms with Gasteiger partial charge in [0.1, 0.15) is 0 Å². The third kappa shape index (κ3) is 4.06. The number of amides is 2. The second-order valence-electron chi connectivity index (χ2n) is 6.43. The number of nitrogens with zero attached hydrogens (tertiary/aromatic N) is 3. The minimum atomic E-state index is 0.0812. The Kier molecular flexibility index (Phi) is 5.56. The van der Waals surface area contributed by atoms with E-state index in [-0.39, 0.29) is 17.9 Å². The number of rotatable bonds is 6. The van der Waals surface area contributed by atoms with Crippen LogP contribution in [-0.2, 0) is 16.0 Å². The van der Waals surface area contributed by atoms with Gasteiger partial charge in [-0.3, -0.25) is 14.5 Å². The molecule has 0 spiro atoms. The van der Waals surface area contributed by atoms with Gasteiger partial charge in [-0.2, -0.15) is 0 Å². The lowest BCUT2D eigenvalue weighted by Crippen LogP contribution is -2.37. The summed E-state index contributed by atoms with van der Waals surface area (Å²) in [6, 6.07) is 0.228. The van der Waals surface area contributed by atoms with Gasteiger partial charge in [0.15, 0.2) is 5.13 Å². The summed E-state index contributed by atoms with van der Waals surface area (Å²) in [5.74, 6) is 0.782. The van der Waals surface area contributed by atoms with Gasteiger partial charge in [0.2, 0.25) is 11.8 Å². The van der Waals surface area contributed by atoms with Crippen molar-refractivity contribution in [1.82, 2.24) is 9.88 Å². The molecule has 1 atom stereocenters. The first-order valence-corrected chi connectivity index (χ1v) is 8.77. The third-order valence-electron chi connectivity index (χ3n) is 4.04. The summed E-state index contributed by atoms with van der Waals surface area (Å²) in [5, 5.41) is 2.61. The predicted octanol–water partition coefficient (Wildman–Crippen LogP) is 2.71. The van der Waals surface area contributed by atoms with Crippen LogP contribution in [0.3, 0.4) is 0 Å². The Morgan fingerprint density at radius 2 is 2.18 bits per heavy atom. The van der Waals surface area contributed by atoms with E-state index in [1.807, 2.05) is 12.4 Å². The van der Waals surface area contributed by atoms with E-state index in [4.69, 9.17) is 0 Å². The molecule has 1 aliphatic rings. The molecule has 2 heterocycles. The van der Waals surface area contributed by atoms with Crippen LogP contribution >= 0.6 is 11.3 Å². The molecule has 2 amide bonds. The zero-order valence-corrected chi connectivity index (χ0v) is 14.7. The zero-order valence-electron chi connectivity index (χ0n) is 13.8. The first-order valence-electron chi connectivity index (χ1n) is 7.89. The molecule has 0 radical (unpaired) electrons. The highest BCUT2D eigenvalue weighted by atomic mass is 32.1. The van der Waals surface area contributed by atoms with Gasteiger partial charge in [-0.05, 0) is 25.7 Å². The molecule has 2 rings (SSSR count). The molecule has 1 aromatic heterocycles. The van der Waals surface area contributed by atoms with Gasteiger partial charge < -0.3 is 4.90 Å². The van der Waals surface area contributed by atoms with E-state index in [1.54, 1.807) is 9.80 Å². The standard InChI is InChI=1S/C16H25N3O2S/c1-11(2)8-12(3)18(4)15(21)9-13-10-22-16(17-13)19-7-5-6-14(19)20/h10-12H,5-9H2,1-4H3/t12-/m0/s1. The second-order valence-corrected chi connectivity index (χ2v) is 7.27. The van der Waals surface area contributed by atoms with Crippen molar-refractivity contribution in [2.24, 2.45) is 5.92 Å². The molecule has 0 aliphatic carbocycles. The topological polar surface area (TPSA) is 53.5 Å². The largest absolute Gasteiger partial charge is 0.343 e. The molecule has 1 saturated heterocycles. The number of likely N-dealkylation sites (N-methyl/N-ethyl adjacent to an activating group) is 1. The highest BCUT2D eigenvalue weighted by molar-refractivity contribution is 7.14. The van der Waals surface area contributed by atoms with Gasteiger partial charge in [-0.1, -0.05) is 13.8 Å². The highest BCUT2D eigenvalue weighted by Gasteiger charge is 2.25. The van der Waals surface area contributed by atoms with Crippen LogP contribution in [0.2, 0.25) is 0 Å². The summed E-state index contributed by atoms with van der Waals surface area (Å²) in [4.78, 5) is 32.1. The second kappa shape index (κ2) is 7.22. The van der Waals surface area contributed by atoms with E-state index in [0.717, 1.165) is 30.2 Å². The van der Waals surface area contributed by atoms with Gasteiger partial charge in [0.25, 0.3) is 0 Å². The molecule has 122 valence electrons. The number of carbonyl (C=O) groups is 2. The summed E-state index contributed by atoms with van der Waals surface area (Å²) in [7, 11) is 1.85. The van der Waals surface area contributed by atoms with E-state index in [0.29, 0.717) is 18.8 Å². The third-order valence-corrected chi connectivity index (χ3v) is 4.96. The van der Waals surface area contributed by atoms with Crippen molar-refractivity contribution in [3.05, 3.63) is 11.1 Å². The van der Waals surface area contributed by atoms with Crippen molar-refractivity contribution in [1.29, 1.82) is 0 Å². The zero-order chi connectivity index (χ0) is 16.3. The van der Waals surface area contributed by atoms with E-state index in [1.165, 1.54) is 11.3 Å². The van der Waals surface area contributed by atoms with Crippen LogP contribution in [0, 0.1) is 5.92 Å². The Morgan fingerprint density at radius 3 is 2.77 bits per heavy atom. The highest BCUT2D eigenvalue weighted by Crippen LogP contribution is 2.25. The van der Waals surface area contributed by atoms with Crippen molar-refractivity contribution in [3.8, 4) is 0 Å². The van der Waals surface area contributed by atoms with Gasteiger partial charge in [0, 0.05) is 31.4 Å². The minimum Gasteiger partial charge on any atom is -0.343 e. The molecule has 0 saturated carbocycles. The van der Waals surface area contributed by atoms with Gasteiger partial charge in [0.05, 0.1) is 12.1 Å². The summed E-state index contributed by atoms with van der Waals surface area (Å²) in [5.41, 5.74) is 0.758. The number of hydrogen-bond donors (Lipinski definition) is 0. The molecular weight excluding hydrogens is 298 g/mol. The first kappa shape index (κ1) is 16.9. The molecular formula is C16H25N3O2S. The maximum atomic E-state index is 12.3. The van der Waals surface area contributed by atoms with Gasteiger partial charge in [-0.15, -0.1) is 11.3 Å². The molecule has 0 unspecified atom stereocenters. The van der Waals surface area contributed by atoms with E-state index in [9.17, 15) is 9.59 Å². The number of thiazole rings is 1. The molecule has 0 N–H and O–H groups in total. The van der Waals surface area contributed by atoms with E-state index in [2.05, 4.69) is 25.8 Å². The molecule has 6 heteroatoms. The fourth-order valence-electron chi connectivity index (χ4n) is 2.72. The van der Waals surface area contributed by atoms with Crippen LogP contribution in [0.15, 0.2) is 5.38 Å². The molecule has 1 aliphatic heterocycles. The van der Waals surface area contributed by atoms with Crippen LogP contribution in [0.4, 0.5) is 5.13 Å². The Labute approximate surface area is 136 Å². The van der Waals surface area contributed by atoms with Crippen molar-refractivity contribution in [3.63, 3.8) is 0 Å². The Morgan fingerprint density at radius 1 is 1.45 bits per heavy atom. The molecule has 0 bridgehead atoms. The van der Waals surface area contributed by atoms with Crippen LogP contribution in [0.1, 0.15) is 45.7 Å². The first-order chi connectivity index (χ1) is 10.4. The smallest absolute Gasteiger partial charge is 0.228 e. The lowest BCUT2D eigenvalue weighted by Gasteiger charge is -2.26. The normalized spacial score (nSPS) is 16.4. The molecule has 0 aromatic carbocycles. The predicted molar refractivity (Wildman–Crippen MR) is 89.1 cm³/mol. The minimum absolute atomic E-state index is 0.0812. The summed E-state index contributed by atoms with van der Waals surface area (Å²) in [6.07, 6.45) is 2.79. The lowest BCUT2D eigenvalue weighted by molar-refractivity contribution is -0.131. The Hall–Kier alpha value is -1.43. The van der Waals surface area contributed by atoms with Crippen molar-refractivity contribution < 1.29 is 9.59 Å².